The number of hydrogen-bond donors (Lipinski definition) is 0. The summed E-state index contributed by atoms with van der Waals surface area (Å²) >= 11 is 0. The van der Waals surface area contributed by atoms with Crippen LogP contribution in [0.5, 0.6) is 5.75 Å². The molecule has 0 bridgehead atoms. The van der Waals surface area contributed by atoms with Gasteiger partial charge in [-0.2, -0.15) is 0 Å². The Labute approximate surface area is 153 Å². The normalized spacial score (nSPS) is 15.1. The molecule has 2 aromatic rings. The van der Waals surface area contributed by atoms with Crippen LogP contribution in [-0.2, 0) is 6.42 Å². The lowest BCUT2D eigenvalue weighted by Gasteiger charge is -2.35. The largest absolute Gasteiger partial charge is 0.497 e. The molecule has 0 atom stereocenters. The van der Waals surface area contributed by atoms with E-state index in [0.717, 1.165) is 50.7 Å². The first-order chi connectivity index (χ1) is 12.6. The highest BCUT2D eigenvalue weighted by Gasteiger charge is 2.20. The number of piperazine rings is 1. The topological polar surface area (TPSA) is 71.7 Å². The van der Waals surface area contributed by atoms with Gasteiger partial charge in [0.05, 0.1) is 12.0 Å². The van der Waals surface area contributed by atoms with Gasteiger partial charge in [-0.05, 0) is 37.1 Å². The third-order valence-corrected chi connectivity index (χ3v) is 4.84. The number of pyridine rings is 1. The molecule has 7 nitrogen and oxygen atoms in total. The van der Waals surface area contributed by atoms with E-state index in [2.05, 4.69) is 26.9 Å². The molecule has 26 heavy (non-hydrogen) atoms. The van der Waals surface area contributed by atoms with Gasteiger partial charge >= 0.3 is 0 Å². The zero-order chi connectivity index (χ0) is 18.5. The Morgan fingerprint density at radius 3 is 2.46 bits per heavy atom. The van der Waals surface area contributed by atoms with E-state index >= 15 is 0 Å². The maximum atomic E-state index is 10.9. The zero-order valence-corrected chi connectivity index (χ0v) is 15.2. The number of aryl methyl sites for hydroxylation is 1. The van der Waals surface area contributed by atoms with Crippen molar-refractivity contribution in [1.29, 1.82) is 0 Å². The Hall–Kier alpha value is -2.67. The van der Waals surface area contributed by atoms with Gasteiger partial charge in [-0.15, -0.1) is 0 Å². The van der Waals surface area contributed by atoms with Crippen molar-refractivity contribution >= 4 is 11.5 Å². The highest BCUT2D eigenvalue weighted by Crippen LogP contribution is 2.22. The molecule has 1 aromatic heterocycles. The third kappa shape index (κ3) is 4.29. The summed E-state index contributed by atoms with van der Waals surface area (Å²) in [5.74, 6) is 1.70. The molecular weight excluding hydrogens is 332 g/mol. The van der Waals surface area contributed by atoms with Crippen LogP contribution < -0.4 is 9.64 Å². The van der Waals surface area contributed by atoms with Gasteiger partial charge in [-0.3, -0.25) is 15.0 Å². The van der Waals surface area contributed by atoms with E-state index in [4.69, 9.17) is 4.74 Å². The van der Waals surface area contributed by atoms with E-state index in [0.29, 0.717) is 5.56 Å². The van der Waals surface area contributed by atoms with Gasteiger partial charge < -0.3 is 9.64 Å². The first-order valence-electron chi connectivity index (χ1n) is 8.78. The molecule has 3 rings (SSSR count). The zero-order valence-electron chi connectivity index (χ0n) is 15.2. The number of hydrogen-bond acceptors (Lipinski definition) is 6. The lowest BCUT2D eigenvalue weighted by atomic mass is 10.1. The average Bonchev–Trinajstić information content (AvgIpc) is 2.67. The molecule has 1 aliphatic rings. The van der Waals surface area contributed by atoms with Crippen molar-refractivity contribution < 1.29 is 9.66 Å². The van der Waals surface area contributed by atoms with Crippen molar-refractivity contribution in [3.05, 3.63) is 57.8 Å². The van der Waals surface area contributed by atoms with E-state index < -0.39 is 0 Å². The Balaban J connectivity index is 1.50. The van der Waals surface area contributed by atoms with Crippen LogP contribution in [0.3, 0.4) is 0 Å². The van der Waals surface area contributed by atoms with Gasteiger partial charge in [0, 0.05) is 38.3 Å². The maximum absolute atomic E-state index is 10.9. The Morgan fingerprint density at radius 1 is 1.19 bits per heavy atom. The molecule has 1 fully saturated rings. The van der Waals surface area contributed by atoms with Gasteiger partial charge in [0.25, 0.3) is 5.69 Å². The quantitative estimate of drug-likeness (QED) is 0.585. The van der Waals surface area contributed by atoms with Crippen LogP contribution in [0.4, 0.5) is 11.5 Å². The van der Waals surface area contributed by atoms with Crippen molar-refractivity contribution in [3.8, 4) is 5.75 Å². The van der Waals surface area contributed by atoms with Crippen LogP contribution in [0.1, 0.15) is 11.1 Å². The van der Waals surface area contributed by atoms with Crippen LogP contribution in [0.2, 0.25) is 0 Å². The minimum Gasteiger partial charge on any atom is -0.497 e. The van der Waals surface area contributed by atoms with Crippen LogP contribution in [-0.4, -0.2) is 54.6 Å². The second-order valence-corrected chi connectivity index (χ2v) is 6.51. The van der Waals surface area contributed by atoms with Crippen LogP contribution >= 0.6 is 0 Å². The predicted molar refractivity (Wildman–Crippen MR) is 101 cm³/mol. The van der Waals surface area contributed by atoms with E-state index in [1.54, 1.807) is 14.0 Å². The fourth-order valence-electron chi connectivity index (χ4n) is 3.18. The summed E-state index contributed by atoms with van der Waals surface area (Å²) in [7, 11) is 1.68. The summed E-state index contributed by atoms with van der Waals surface area (Å²) in [5.41, 5.74) is 2.04. The van der Waals surface area contributed by atoms with E-state index in [9.17, 15) is 10.1 Å². The Morgan fingerprint density at radius 2 is 1.88 bits per heavy atom. The molecule has 138 valence electrons. The molecule has 1 aliphatic heterocycles. The molecule has 1 aromatic carbocycles. The van der Waals surface area contributed by atoms with Gasteiger partial charge in [0.15, 0.2) is 0 Å². The van der Waals surface area contributed by atoms with Gasteiger partial charge in [-0.25, -0.2) is 4.98 Å². The smallest absolute Gasteiger partial charge is 0.290 e. The molecule has 0 unspecified atom stereocenters. The van der Waals surface area contributed by atoms with Gasteiger partial charge in [0.1, 0.15) is 17.8 Å². The number of methoxy groups -OCH3 is 1. The number of aromatic nitrogens is 1. The maximum Gasteiger partial charge on any atom is 0.290 e. The fourth-order valence-corrected chi connectivity index (χ4v) is 3.18. The fraction of sp³-hybridized carbons (Fsp3) is 0.421. The van der Waals surface area contributed by atoms with Crippen LogP contribution in [0.25, 0.3) is 0 Å². The molecule has 0 radical (unpaired) electrons. The van der Waals surface area contributed by atoms with Crippen molar-refractivity contribution in [3.63, 3.8) is 0 Å². The Bertz CT molecular complexity index is 756. The highest BCUT2D eigenvalue weighted by molar-refractivity contribution is 5.48. The number of benzene rings is 1. The molecule has 0 saturated carbocycles. The highest BCUT2D eigenvalue weighted by atomic mass is 16.6. The molecule has 1 saturated heterocycles. The number of nitrogens with zero attached hydrogens (tertiary/aromatic N) is 4. The molecule has 0 aliphatic carbocycles. The SMILES string of the molecule is COc1ccc(CCN2CCN(c3cc(C)c([N+](=O)[O-])cn3)CC2)cc1. The summed E-state index contributed by atoms with van der Waals surface area (Å²) in [6, 6.07) is 10.0. The van der Waals surface area contributed by atoms with Crippen molar-refractivity contribution in [2.24, 2.45) is 0 Å². The van der Waals surface area contributed by atoms with Crippen molar-refractivity contribution in [2.45, 2.75) is 13.3 Å². The molecule has 0 amide bonds. The predicted octanol–water partition coefficient (Wildman–Crippen LogP) is 2.67. The van der Waals surface area contributed by atoms with Crippen LogP contribution in [0.15, 0.2) is 36.5 Å². The molecule has 0 spiro atoms. The number of anilines is 1. The first-order valence-corrected chi connectivity index (χ1v) is 8.78. The third-order valence-electron chi connectivity index (χ3n) is 4.84. The summed E-state index contributed by atoms with van der Waals surface area (Å²) in [6.07, 6.45) is 2.37. The second kappa shape index (κ2) is 8.14. The lowest BCUT2D eigenvalue weighted by molar-refractivity contribution is -0.385. The minimum absolute atomic E-state index is 0.0758. The molecule has 2 heterocycles. The van der Waals surface area contributed by atoms with E-state index in [-0.39, 0.29) is 10.6 Å². The van der Waals surface area contributed by atoms with Gasteiger partial charge in [0.2, 0.25) is 0 Å². The minimum atomic E-state index is -0.386. The van der Waals surface area contributed by atoms with Crippen LogP contribution in [0, 0.1) is 17.0 Å². The van der Waals surface area contributed by atoms with E-state index in [1.807, 2.05) is 18.2 Å². The number of ether oxygens (including phenoxy) is 1. The molecule has 0 N–H and O–H groups in total. The first kappa shape index (κ1) is 18.1. The second-order valence-electron chi connectivity index (χ2n) is 6.51. The molecule has 7 heteroatoms. The monoisotopic (exact) mass is 356 g/mol. The van der Waals surface area contributed by atoms with Crippen molar-refractivity contribution in [2.75, 3.05) is 44.7 Å². The van der Waals surface area contributed by atoms with Gasteiger partial charge in [-0.1, -0.05) is 12.1 Å². The number of rotatable bonds is 6. The van der Waals surface area contributed by atoms with Crippen molar-refractivity contribution in [1.82, 2.24) is 9.88 Å². The summed E-state index contributed by atoms with van der Waals surface area (Å²) in [5, 5.41) is 10.9. The summed E-state index contributed by atoms with van der Waals surface area (Å²) < 4.78 is 5.19. The standard InChI is InChI=1S/C19H24N4O3/c1-15-13-19(20-14-18(15)23(24)25)22-11-9-21(10-12-22)8-7-16-3-5-17(26-2)6-4-16/h3-6,13-14H,7-12H2,1-2H3. The number of nitro groups is 1. The summed E-state index contributed by atoms with van der Waals surface area (Å²) in [4.78, 5) is 19.4. The van der Waals surface area contributed by atoms with E-state index in [1.165, 1.54) is 11.8 Å². The lowest BCUT2D eigenvalue weighted by Crippen LogP contribution is -2.47. The Kier molecular flexibility index (Phi) is 5.68. The summed E-state index contributed by atoms with van der Waals surface area (Å²) in [6.45, 7) is 6.47. The molecular formula is C19H24N4O3. The average molecular weight is 356 g/mol.